The van der Waals surface area contributed by atoms with Crippen LogP contribution in [0.2, 0.25) is 0 Å². The van der Waals surface area contributed by atoms with E-state index >= 15 is 0 Å². The van der Waals surface area contributed by atoms with E-state index in [9.17, 15) is 4.79 Å². The molecule has 3 aromatic rings. The summed E-state index contributed by atoms with van der Waals surface area (Å²) in [4.78, 5) is 12.5. The number of carbonyl (C=O) groups excluding carboxylic acids is 1. The molecule has 1 aliphatic heterocycles. The first-order valence-corrected chi connectivity index (χ1v) is 8.24. The van der Waals surface area contributed by atoms with Crippen LogP contribution in [0.15, 0.2) is 48.7 Å². The van der Waals surface area contributed by atoms with Crippen molar-refractivity contribution in [2.24, 2.45) is 0 Å². The lowest BCUT2D eigenvalue weighted by Gasteiger charge is -2.27. The summed E-state index contributed by atoms with van der Waals surface area (Å²) < 4.78 is 5.22. The molecule has 5 heteroatoms. The third-order valence-corrected chi connectivity index (χ3v) is 4.79. The Morgan fingerprint density at radius 1 is 1.12 bits per heavy atom. The molecule has 126 valence electrons. The van der Waals surface area contributed by atoms with Gasteiger partial charge in [-0.05, 0) is 48.2 Å². The predicted molar refractivity (Wildman–Crippen MR) is 95.7 cm³/mol. The molecule has 1 amide bonds. The Morgan fingerprint density at radius 3 is 2.68 bits per heavy atom. The van der Waals surface area contributed by atoms with E-state index in [1.54, 1.807) is 13.3 Å². The fourth-order valence-corrected chi connectivity index (χ4v) is 3.41. The van der Waals surface area contributed by atoms with Crippen LogP contribution >= 0.6 is 0 Å². The molecule has 0 spiro atoms. The van der Waals surface area contributed by atoms with E-state index in [0.717, 1.165) is 45.7 Å². The Balaban J connectivity index is 1.71. The maximum Gasteiger partial charge on any atom is 0.252 e. The summed E-state index contributed by atoms with van der Waals surface area (Å²) in [6.07, 6.45) is 2.55. The van der Waals surface area contributed by atoms with Crippen molar-refractivity contribution >= 4 is 5.91 Å². The Kier molecular flexibility index (Phi) is 3.76. The number of amides is 1. The SMILES string of the molecule is COc1ccc(-c2cn[nH]c2C2Cc3c(C)cccc3C(=O)N2)cc1. The molecule has 25 heavy (non-hydrogen) atoms. The number of H-pyrrole nitrogens is 1. The fraction of sp³-hybridized carbons (Fsp3) is 0.200. The number of ether oxygens (including phenoxy) is 1. The van der Waals surface area contributed by atoms with E-state index in [4.69, 9.17) is 4.74 Å². The van der Waals surface area contributed by atoms with Crippen molar-refractivity contribution in [1.29, 1.82) is 0 Å². The molecule has 2 N–H and O–H groups in total. The van der Waals surface area contributed by atoms with Crippen molar-refractivity contribution in [2.45, 2.75) is 19.4 Å². The topological polar surface area (TPSA) is 67.0 Å². The molecule has 2 heterocycles. The van der Waals surface area contributed by atoms with Crippen molar-refractivity contribution in [1.82, 2.24) is 15.5 Å². The van der Waals surface area contributed by atoms with Crippen LogP contribution in [0.1, 0.15) is 33.2 Å². The number of methoxy groups -OCH3 is 1. The van der Waals surface area contributed by atoms with Gasteiger partial charge in [-0.15, -0.1) is 0 Å². The van der Waals surface area contributed by atoms with Crippen molar-refractivity contribution in [3.05, 3.63) is 71.0 Å². The number of hydrogen-bond donors (Lipinski definition) is 2. The number of carbonyl (C=O) groups is 1. The summed E-state index contributed by atoms with van der Waals surface area (Å²) in [5.41, 5.74) is 5.96. The van der Waals surface area contributed by atoms with E-state index < -0.39 is 0 Å². The van der Waals surface area contributed by atoms with Gasteiger partial charge in [0.05, 0.1) is 25.0 Å². The standard InChI is InChI=1S/C20H19N3O2/c1-12-4-3-5-15-16(12)10-18(22-20(15)24)19-17(11-21-23-19)13-6-8-14(25-2)9-7-13/h3-9,11,18H,10H2,1-2H3,(H,21,23)(H,22,24). The Morgan fingerprint density at radius 2 is 1.92 bits per heavy atom. The largest absolute Gasteiger partial charge is 0.497 e. The second kappa shape index (κ2) is 6.09. The van der Waals surface area contributed by atoms with Crippen LogP contribution in [0, 0.1) is 6.92 Å². The molecule has 1 unspecified atom stereocenters. The van der Waals surface area contributed by atoms with Gasteiger partial charge in [0.25, 0.3) is 5.91 Å². The molecule has 1 aliphatic rings. The van der Waals surface area contributed by atoms with Crippen molar-refractivity contribution < 1.29 is 9.53 Å². The van der Waals surface area contributed by atoms with Crippen LogP contribution < -0.4 is 10.1 Å². The molecular formula is C20H19N3O2. The van der Waals surface area contributed by atoms with Gasteiger partial charge in [0.15, 0.2) is 0 Å². The molecule has 2 aromatic carbocycles. The third kappa shape index (κ3) is 2.67. The van der Waals surface area contributed by atoms with Gasteiger partial charge in [-0.3, -0.25) is 9.89 Å². The number of benzene rings is 2. The predicted octanol–water partition coefficient (Wildman–Crippen LogP) is 3.42. The lowest BCUT2D eigenvalue weighted by molar-refractivity contribution is 0.0924. The average molecular weight is 333 g/mol. The third-order valence-electron chi connectivity index (χ3n) is 4.79. The smallest absolute Gasteiger partial charge is 0.252 e. The van der Waals surface area contributed by atoms with Crippen LogP contribution in [-0.2, 0) is 6.42 Å². The van der Waals surface area contributed by atoms with Crippen LogP contribution in [0.25, 0.3) is 11.1 Å². The molecule has 0 bridgehead atoms. The zero-order chi connectivity index (χ0) is 17.4. The molecule has 4 rings (SSSR count). The van der Waals surface area contributed by atoms with Gasteiger partial charge in [0.1, 0.15) is 5.75 Å². The van der Waals surface area contributed by atoms with Crippen LogP contribution in [0.4, 0.5) is 0 Å². The van der Waals surface area contributed by atoms with Crippen molar-refractivity contribution in [3.8, 4) is 16.9 Å². The maximum absolute atomic E-state index is 12.5. The van der Waals surface area contributed by atoms with Gasteiger partial charge in [-0.2, -0.15) is 5.10 Å². The average Bonchev–Trinajstić information content (AvgIpc) is 3.12. The number of hydrogen-bond acceptors (Lipinski definition) is 3. The minimum Gasteiger partial charge on any atom is -0.497 e. The van der Waals surface area contributed by atoms with Gasteiger partial charge in [0, 0.05) is 11.1 Å². The monoisotopic (exact) mass is 333 g/mol. The highest BCUT2D eigenvalue weighted by Crippen LogP contribution is 2.33. The van der Waals surface area contributed by atoms with Gasteiger partial charge in [-0.1, -0.05) is 24.3 Å². The quantitative estimate of drug-likeness (QED) is 0.772. The van der Waals surface area contributed by atoms with E-state index in [-0.39, 0.29) is 11.9 Å². The van der Waals surface area contributed by atoms with Gasteiger partial charge in [0.2, 0.25) is 0 Å². The highest BCUT2D eigenvalue weighted by Gasteiger charge is 2.29. The molecule has 0 radical (unpaired) electrons. The van der Waals surface area contributed by atoms with E-state index in [1.807, 2.05) is 49.4 Å². The Hall–Kier alpha value is -3.08. The zero-order valence-corrected chi connectivity index (χ0v) is 14.2. The summed E-state index contributed by atoms with van der Waals surface area (Å²) in [5, 5.41) is 10.4. The Bertz CT molecular complexity index is 928. The molecule has 0 saturated heterocycles. The highest BCUT2D eigenvalue weighted by atomic mass is 16.5. The number of aromatic nitrogens is 2. The molecule has 0 saturated carbocycles. The number of fused-ring (bicyclic) bond motifs is 1. The second-order valence-corrected chi connectivity index (χ2v) is 6.26. The van der Waals surface area contributed by atoms with Crippen molar-refractivity contribution in [2.75, 3.05) is 7.11 Å². The number of nitrogens with zero attached hydrogens (tertiary/aromatic N) is 1. The normalized spacial score (nSPS) is 16.2. The number of rotatable bonds is 3. The molecule has 5 nitrogen and oxygen atoms in total. The van der Waals surface area contributed by atoms with Crippen LogP contribution in [0.3, 0.4) is 0 Å². The highest BCUT2D eigenvalue weighted by molar-refractivity contribution is 5.97. The van der Waals surface area contributed by atoms with Crippen LogP contribution in [-0.4, -0.2) is 23.2 Å². The first-order chi connectivity index (χ1) is 12.2. The summed E-state index contributed by atoms with van der Waals surface area (Å²) in [6, 6.07) is 13.6. The summed E-state index contributed by atoms with van der Waals surface area (Å²) in [5.74, 6) is 0.773. The fourth-order valence-electron chi connectivity index (χ4n) is 3.41. The van der Waals surface area contributed by atoms with Gasteiger partial charge >= 0.3 is 0 Å². The van der Waals surface area contributed by atoms with Gasteiger partial charge < -0.3 is 10.1 Å². The first-order valence-electron chi connectivity index (χ1n) is 8.24. The molecule has 0 aliphatic carbocycles. The number of nitrogens with one attached hydrogen (secondary N) is 2. The minimum absolute atomic E-state index is 0.0368. The van der Waals surface area contributed by atoms with Gasteiger partial charge in [-0.25, -0.2) is 0 Å². The molecule has 1 aromatic heterocycles. The second-order valence-electron chi connectivity index (χ2n) is 6.26. The summed E-state index contributed by atoms with van der Waals surface area (Å²) in [7, 11) is 1.65. The Labute approximate surface area is 146 Å². The lowest BCUT2D eigenvalue weighted by atomic mass is 9.88. The van der Waals surface area contributed by atoms with E-state index in [0.29, 0.717) is 0 Å². The summed E-state index contributed by atoms with van der Waals surface area (Å²) >= 11 is 0. The maximum atomic E-state index is 12.5. The number of aryl methyl sites for hydroxylation is 1. The van der Waals surface area contributed by atoms with Crippen molar-refractivity contribution in [3.63, 3.8) is 0 Å². The molecule has 0 fully saturated rings. The zero-order valence-electron chi connectivity index (χ0n) is 14.2. The van der Waals surface area contributed by atoms with E-state index in [2.05, 4.69) is 15.5 Å². The van der Waals surface area contributed by atoms with Crippen LogP contribution in [0.5, 0.6) is 5.75 Å². The summed E-state index contributed by atoms with van der Waals surface area (Å²) in [6.45, 7) is 2.05. The molecule has 1 atom stereocenters. The van der Waals surface area contributed by atoms with E-state index in [1.165, 1.54) is 0 Å². The first kappa shape index (κ1) is 15.4. The molecular weight excluding hydrogens is 314 g/mol. The minimum atomic E-state index is -0.124. The number of aromatic amines is 1. The lowest BCUT2D eigenvalue weighted by Crippen LogP contribution is -2.36.